The Morgan fingerprint density at radius 1 is 1.56 bits per heavy atom. The van der Waals surface area contributed by atoms with Gasteiger partial charge in [-0.15, -0.1) is 12.3 Å². The van der Waals surface area contributed by atoms with E-state index in [2.05, 4.69) is 22.7 Å². The number of aliphatic hydroxyl groups is 1. The largest absolute Gasteiger partial charge is 0.446 e. The average Bonchev–Trinajstić information content (AvgIpc) is 1.89. The van der Waals surface area contributed by atoms with E-state index in [-0.39, 0.29) is 6.61 Å². The van der Waals surface area contributed by atoms with E-state index < -0.39 is 0 Å². The molecular formula is C7H8O2. The van der Waals surface area contributed by atoms with E-state index in [1.807, 2.05) is 0 Å². The van der Waals surface area contributed by atoms with Crippen LogP contribution in [-0.2, 0) is 4.74 Å². The first kappa shape index (κ1) is 7.88. The van der Waals surface area contributed by atoms with Crippen LogP contribution >= 0.6 is 0 Å². The molecule has 0 aliphatic carbocycles. The van der Waals surface area contributed by atoms with Crippen molar-refractivity contribution in [2.75, 3.05) is 13.2 Å². The van der Waals surface area contributed by atoms with Crippen LogP contribution in [0.4, 0.5) is 0 Å². The molecule has 1 N–H and O–H groups in total. The Labute approximate surface area is 54.8 Å². The molecule has 0 radical (unpaired) electrons. The van der Waals surface area contributed by atoms with Crippen molar-refractivity contribution in [3.05, 3.63) is 0 Å². The summed E-state index contributed by atoms with van der Waals surface area (Å²) in [6.07, 6.45) is 7.75. The summed E-state index contributed by atoms with van der Waals surface area (Å²) >= 11 is 0. The fraction of sp³-hybridized carbons (Fsp3) is 0.429. The normalized spacial score (nSPS) is 6.67. The highest BCUT2D eigenvalue weighted by Gasteiger charge is 1.74. The molecule has 0 aromatic heterocycles. The van der Waals surface area contributed by atoms with E-state index in [4.69, 9.17) is 11.5 Å². The van der Waals surface area contributed by atoms with Crippen LogP contribution in [0.25, 0.3) is 0 Å². The van der Waals surface area contributed by atoms with Crippen LogP contribution in [0, 0.1) is 24.4 Å². The first-order chi connectivity index (χ1) is 4.41. The van der Waals surface area contributed by atoms with Crippen LogP contribution in [0.15, 0.2) is 0 Å². The maximum absolute atomic E-state index is 8.13. The first-order valence-electron chi connectivity index (χ1n) is 2.55. The third-order valence-electron chi connectivity index (χ3n) is 0.572. The molecule has 0 amide bonds. The van der Waals surface area contributed by atoms with Gasteiger partial charge in [-0.3, -0.25) is 0 Å². The van der Waals surface area contributed by atoms with Crippen LogP contribution in [-0.4, -0.2) is 18.3 Å². The number of hydrogen-bond donors (Lipinski definition) is 1. The van der Waals surface area contributed by atoms with Gasteiger partial charge in [-0.05, 0) is 5.92 Å². The summed E-state index contributed by atoms with van der Waals surface area (Å²) in [4.78, 5) is 0. The lowest BCUT2D eigenvalue weighted by Gasteiger charge is -1.87. The van der Waals surface area contributed by atoms with Gasteiger partial charge in [0.1, 0.15) is 19.3 Å². The summed E-state index contributed by atoms with van der Waals surface area (Å²) in [6.45, 7) is 0.263. The van der Waals surface area contributed by atoms with Gasteiger partial charge in [0.15, 0.2) is 0 Å². The predicted octanol–water partition coefficient (Wildman–Crippen LogP) is -0.0205. The molecule has 0 bridgehead atoms. The van der Waals surface area contributed by atoms with Gasteiger partial charge >= 0.3 is 0 Å². The highest BCUT2D eigenvalue weighted by Crippen LogP contribution is 1.75. The Morgan fingerprint density at radius 2 is 2.33 bits per heavy atom. The van der Waals surface area contributed by atoms with E-state index in [9.17, 15) is 0 Å². The zero-order valence-corrected chi connectivity index (χ0v) is 5.05. The van der Waals surface area contributed by atoms with Gasteiger partial charge in [0.2, 0.25) is 0 Å². The SMILES string of the molecule is C#CCCOC#CCO. The lowest BCUT2D eigenvalue weighted by molar-refractivity contribution is 0.283. The monoisotopic (exact) mass is 124 g/mol. The third kappa shape index (κ3) is 6.88. The van der Waals surface area contributed by atoms with Crippen molar-refractivity contribution in [3.63, 3.8) is 0 Å². The number of terminal acetylenes is 1. The summed E-state index contributed by atoms with van der Waals surface area (Å²) in [5.74, 6) is 4.71. The number of rotatable bonds is 2. The minimum Gasteiger partial charge on any atom is -0.446 e. The summed E-state index contributed by atoms with van der Waals surface area (Å²) in [7, 11) is 0. The smallest absolute Gasteiger partial charge is 0.112 e. The van der Waals surface area contributed by atoms with Gasteiger partial charge in [0, 0.05) is 6.42 Å². The molecule has 0 saturated heterocycles. The Morgan fingerprint density at radius 3 is 2.89 bits per heavy atom. The Balaban J connectivity index is 3.01. The molecule has 0 aliphatic rings. The molecule has 0 aromatic rings. The van der Waals surface area contributed by atoms with E-state index in [1.165, 1.54) is 0 Å². The van der Waals surface area contributed by atoms with Crippen molar-refractivity contribution in [2.45, 2.75) is 6.42 Å². The van der Waals surface area contributed by atoms with Crippen molar-refractivity contribution in [2.24, 2.45) is 0 Å². The van der Waals surface area contributed by atoms with Crippen molar-refractivity contribution >= 4 is 0 Å². The molecule has 48 valence electrons. The molecule has 0 unspecified atom stereocenters. The van der Waals surface area contributed by atoms with E-state index in [0.717, 1.165) is 0 Å². The maximum atomic E-state index is 8.13. The molecule has 0 aliphatic heterocycles. The summed E-state index contributed by atoms with van der Waals surface area (Å²) in [5, 5.41) is 8.13. The molecule has 0 aromatic carbocycles. The molecule has 0 fully saturated rings. The van der Waals surface area contributed by atoms with Crippen molar-refractivity contribution in [3.8, 4) is 24.4 Å². The second-order valence-corrected chi connectivity index (χ2v) is 1.24. The standard InChI is InChI=1S/C7H8O2/c1-2-3-6-9-7-4-5-8/h1,8H,3,5-6H2. The van der Waals surface area contributed by atoms with Crippen LogP contribution in [0.1, 0.15) is 6.42 Å². The average molecular weight is 124 g/mol. The minimum absolute atomic E-state index is 0.171. The van der Waals surface area contributed by atoms with Crippen LogP contribution in [0.2, 0.25) is 0 Å². The number of aliphatic hydroxyl groups excluding tert-OH is 1. The van der Waals surface area contributed by atoms with Gasteiger partial charge in [0.25, 0.3) is 0 Å². The van der Waals surface area contributed by atoms with Gasteiger partial charge in [-0.25, -0.2) is 0 Å². The molecule has 0 saturated carbocycles. The Hall–Kier alpha value is -1.12. The topological polar surface area (TPSA) is 29.5 Å². The van der Waals surface area contributed by atoms with Crippen molar-refractivity contribution in [1.29, 1.82) is 0 Å². The Bertz CT molecular complexity index is 145. The van der Waals surface area contributed by atoms with Gasteiger partial charge in [-0.1, -0.05) is 0 Å². The second kappa shape index (κ2) is 6.88. The van der Waals surface area contributed by atoms with Gasteiger partial charge in [-0.2, -0.15) is 0 Å². The highest BCUT2D eigenvalue weighted by atomic mass is 16.5. The fourth-order valence-electron chi connectivity index (χ4n) is 0.244. The molecule has 2 heteroatoms. The number of ether oxygens (including phenoxy) is 1. The molecule has 0 atom stereocenters. The van der Waals surface area contributed by atoms with Crippen molar-refractivity contribution in [1.82, 2.24) is 0 Å². The lowest BCUT2D eigenvalue weighted by Crippen LogP contribution is -1.84. The molecule has 0 rings (SSSR count). The highest BCUT2D eigenvalue weighted by molar-refractivity contribution is 4.91. The number of hydrogen-bond acceptors (Lipinski definition) is 2. The molecular weight excluding hydrogens is 116 g/mol. The summed E-state index contributed by atoms with van der Waals surface area (Å²) < 4.78 is 4.65. The second-order valence-electron chi connectivity index (χ2n) is 1.24. The maximum Gasteiger partial charge on any atom is 0.112 e. The summed E-state index contributed by atoms with van der Waals surface area (Å²) in [6, 6.07) is 0. The van der Waals surface area contributed by atoms with Gasteiger partial charge < -0.3 is 9.84 Å². The summed E-state index contributed by atoms with van der Waals surface area (Å²) in [5.41, 5.74) is 0. The van der Waals surface area contributed by atoms with Crippen LogP contribution < -0.4 is 0 Å². The van der Waals surface area contributed by atoms with Crippen molar-refractivity contribution < 1.29 is 9.84 Å². The molecule has 0 heterocycles. The predicted molar refractivity (Wildman–Crippen MR) is 34.3 cm³/mol. The minimum atomic E-state index is -0.171. The van der Waals surface area contributed by atoms with E-state index in [0.29, 0.717) is 13.0 Å². The van der Waals surface area contributed by atoms with Gasteiger partial charge in [0.05, 0.1) is 0 Å². The molecule has 2 nitrogen and oxygen atoms in total. The third-order valence-corrected chi connectivity index (χ3v) is 0.572. The van der Waals surface area contributed by atoms with E-state index in [1.54, 1.807) is 0 Å². The Kier molecular flexibility index (Phi) is 6.02. The quantitative estimate of drug-likeness (QED) is 0.414. The van der Waals surface area contributed by atoms with Crippen LogP contribution in [0.5, 0.6) is 0 Å². The zero-order valence-electron chi connectivity index (χ0n) is 5.05. The fourth-order valence-corrected chi connectivity index (χ4v) is 0.244. The zero-order chi connectivity index (χ0) is 6.95. The first-order valence-corrected chi connectivity index (χ1v) is 2.55. The molecule has 0 spiro atoms. The van der Waals surface area contributed by atoms with E-state index >= 15 is 0 Å². The lowest BCUT2D eigenvalue weighted by atomic mass is 10.5. The molecule has 9 heavy (non-hydrogen) atoms. The van der Waals surface area contributed by atoms with Crippen LogP contribution in [0.3, 0.4) is 0 Å².